The highest BCUT2D eigenvalue weighted by molar-refractivity contribution is 5.97. The van der Waals surface area contributed by atoms with E-state index >= 15 is 0 Å². The quantitative estimate of drug-likeness (QED) is 0.689. The van der Waals surface area contributed by atoms with Crippen molar-refractivity contribution >= 4 is 16.9 Å². The summed E-state index contributed by atoms with van der Waals surface area (Å²) in [6, 6.07) is 13.4. The molecule has 3 heterocycles. The Kier molecular flexibility index (Phi) is 5.20. The fourth-order valence-corrected chi connectivity index (χ4v) is 3.90. The first kappa shape index (κ1) is 19.3. The zero-order valence-corrected chi connectivity index (χ0v) is 17.0. The maximum Gasteiger partial charge on any atom is 0.265 e. The number of aromatic nitrogens is 2. The molecule has 6 nitrogen and oxygen atoms in total. The number of amides is 1. The Balaban J connectivity index is 1.79. The van der Waals surface area contributed by atoms with Gasteiger partial charge in [0, 0.05) is 24.7 Å². The van der Waals surface area contributed by atoms with E-state index in [0.29, 0.717) is 25.3 Å². The summed E-state index contributed by atoms with van der Waals surface area (Å²) in [5.41, 5.74) is 2.59. The Morgan fingerprint density at radius 1 is 1.14 bits per heavy atom. The molecule has 1 aliphatic rings. The van der Waals surface area contributed by atoms with Crippen LogP contribution in [0.5, 0.6) is 0 Å². The summed E-state index contributed by atoms with van der Waals surface area (Å²) in [6.45, 7) is 7.23. The van der Waals surface area contributed by atoms with Crippen LogP contribution in [0.4, 0.5) is 0 Å². The maximum atomic E-state index is 13.3. The largest absolute Gasteiger partial charge is 0.372 e. The number of rotatable bonds is 3. The molecule has 3 aromatic rings. The van der Waals surface area contributed by atoms with Crippen molar-refractivity contribution in [1.82, 2.24) is 14.5 Å². The van der Waals surface area contributed by atoms with Gasteiger partial charge < -0.3 is 9.64 Å². The van der Waals surface area contributed by atoms with Gasteiger partial charge in [-0.2, -0.15) is 0 Å². The third-order valence-electron chi connectivity index (χ3n) is 5.25. The second kappa shape index (κ2) is 7.79. The Hall–Kier alpha value is -2.99. The van der Waals surface area contributed by atoms with E-state index in [0.717, 1.165) is 16.5 Å². The van der Waals surface area contributed by atoms with Gasteiger partial charge in [0.05, 0.1) is 18.8 Å². The number of fused-ring (bicyclic) bond motifs is 1. The molecule has 2 aromatic heterocycles. The first-order valence-electron chi connectivity index (χ1n) is 9.91. The molecule has 4 rings (SSSR count). The fraction of sp³-hybridized carbons (Fsp3) is 0.348. The van der Waals surface area contributed by atoms with Crippen LogP contribution in [0.1, 0.15) is 35.3 Å². The summed E-state index contributed by atoms with van der Waals surface area (Å²) in [4.78, 5) is 32.7. The second-order valence-corrected chi connectivity index (χ2v) is 7.82. The number of ether oxygens (including phenoxy) is 1. The molecule has 0 spiro atoms. The topological polar surface area (TPSA) is 64.4 Å². The normalized spacial score (nSPS) is 19.5. The van der Waals surface area contributed by atoms with Crippen LogP contribution < -0.4 is 5.56 Å². The molecular weight excluding hydrogens is 366 g/mol. The van der Waals surface area contributed by atoms with Crippen LogP contribution in [-0.2, 0) is 11.3 Å². The standard InChI is InChI=1S/C23H25N3O3/c1-15-6-8-18(9-7-15)14-26-21-19(5-4-10-24-21)11-20(23(26)28)22(27)25-12-16(2)29-17(3)13-25/h4-11,16-17H,12-14H2,1-3H3/t16-,17-/m0/s1. The minimum atomic E-state index is -0.312. The van der Waals surface area contributed by atoms with Gasteiger partial charge in [-0.25, -0.2) is 4.98 Å². The Morgan fingerprint density at radius 2 is 1.83 bits per heavy atom. The van der Waals surface area contributed by atoms with Gasteiger partial charge in [-0.1, -0.05) is 29.8 Å². The number of hydrogen-bond acceptors (Lipinski definition) is 4. The Labute approximate surface area is 169 Å². The van der Waals surface area contributed by atoms with E-state index in [-0.39, 0.29) is 29.2 Å². The molecule has 2 atom stereocenters. The lowest BCUT2D eigenvalue weighted by Crippen LogP contribution is -2.49. The third-order valence-corrected chi connectivity index (χ3v) is 5.25. The lowest BCUT2D eigenvalue weighted by molar-refractivity contribution is -0.0586. The molecule has 0 aliphatic carbocycles. The van der Waals surface area contributed by atoms with Gasteiger partial charge in [-0.15, -0.1) is 0 Å². The number of pyridine rings is 2. The zero-order valence-electron chi connectivity index (χ0n) is 17.0. The highest BCUT2D eigenvalue weighted by Crippen LogP contribution is 2.17. The average molecular weight is 391 g/mol. The molecular formula is C23H25N3O3. The van der Waals surface area contributed by atoms with E-state index < -0.39 is 0 Å². The van der Waals surface area contributed by atoms with Gasteiger partial charge in [0.25, 0.3) is 11.5 Å². The van der Waals surface area contributed by atoms with Gasteiger partial charge in [0.15, 0.2) is 0 Å². The smallest absolute Gasteiger partial charge is 0.265 e. The number of carbonyl (C=O) groups excluding carboxylic acids is 1. The number of aryl methyl sites for hydroxylation is 1. The van der Waals surface area contributed by atoms with E-state index in [2.05, 4.69) is 4.98 Å². The van der Waals surface area contributed by atoms with E-state index in [9.17, 15) is 9.59 Å². The van der Waals surface area contributed by atoms with Gasteiger partial charge in [-0.05, 0) is 44.5 Å². The Morgan fingerprint density at radius 3 is 2.52 bits per heavy atom. The highest BCUT2D eigenvalue weighted by atomic mass is 16.5. The van der Waals surface area contributed by atoms with Crippen molar-refractivity contribution in [1.29, 1.82) is 0 Å². The molecule has 0 radical (unpaired) electrons. The van der Waals surface area contributed by atoms with Crippen molar-refractivity contribution in [2.75, 3.05) is 13.1 Å². The van der Waals surface area contributed by atoms with Crippen molar-refractivity contribution in [3.8, 4) is 0 Å². The molecule has 29 heavy (non-hydrogen) atoms. The lowest BCUT2D eigenvalue weighted by atomic mass is 10.1. The van der Waals surface area contributed by atoms with Crippen molar-refractivity contribution in [2.45, 2.75) is 39.5 Å². The second-order valence-electron chi connectivity index (χ2n) is 7.82. The fourth-order valence-electron chi connectivity index (χ4n) is 3.90. The van der Waals surface area contributed by atoms with Gasteiger partial charge in [-0.3, -0.25) is 14.2 Å². The van der Waals surface area contributed by atoms with Crippen molar-refractivity contribution < 1.29 is 9.53 Å². The minimum absolute atomic E-state index is 0.0559. The molecule has 1 aliphatic heterocycles. The van der Waals surface area contributed by atoms with E-state index in [1.165, 1.54) is 0 Å². The van der Waals surface area contributed by atoms with E-state index in [1.807, 2.05) is 57.2 Å². The monoisotopic (exact) mass is 391 g/mol. The molecule has 1 fully saturated rings. The predicted molar refractivity (Wildman–Crippen MR) is 112 cm³/mol. The van der Waals surface area contributed by atoms with Gasteiger partial charge in [0.1, 0.15) is 11.2 Å². The zero-order chi connectivity index (χ0) is 20.5. The summed E-state index contributed by atoms with van der Waals surface area (Å²) in [5, 5.41) is 0.775. The van der Waals surface area contributed by atoms with Crippen LogP contribution in [0.25, 0.3) is 11.0 Å². The first-order valence-corrected chi connectivity index (χ1v) is 9.91. The van der Waals surface area contributed by atoms with Crippen LogP contribution in [0.15, 0.2) is 53.5 Å². The molecule has 150 valence electrons. The van der Waals surface area contributed by atoms with Gasteiger partial charge >= 0.3 is 0 Å². The summed E-state index contributed by atoms with van der Waals surface area (Å²) in [6.07, 6.45) is 1.56. The van der Waals surface area contributed by atoms with Crippen molar-refractivity contribution in [2.24, 2.45) is 0 Å². The highest BCUT2D eigenvalue weighted by Gasteiger charge is 2.29. The molecule has 1 amide bonds. The summed E-state index contributed by atoms with van der Waals surface area (Å²) < 4.78 is 7.33. The van der Waals surface area contributed by atoms with Crippen molar-refractivity contribution in [3.63, 3.8) is 0 Å². The molecule has 6 heteroatoms. The molecule has 0 N–H and O–H groups in total. The van der Waals surface area contributed by atoms with Crippen molar-refractivity contribution in [3.05, 3.63) is 75.7 Å². The average Bonchev–Trinajstić information content (AvgIpc) is 2.70. The van der Waals surface area contributed by atoms with Crippen LogP contribution in [0.3, 0.4) is 0 Å². The van der Waals surface area contributed by atoms with Crippen LogP contribution in [0, 0.1) is 6.92 Å². The van der Waals surface area contributed by atoms with Gasteiger partial charge in [0.2, 0.25) is 0 Å². The minimum Gasteiger partial charge on any atom is -0.372 e. The molecule has 0 unspecified atom stereocenters. The van der Waals surface area contributed by atoms with Crippen LogP contribution >= 0.6 is 0 Å². The first-order chi connectivity index (χ1) is 13.9. The van der Waals surface area contributed by atoms with E-state index in [1.54, 1.807) is 21.7 Å². The summed E-state index contributed by atoms with van der Waals surface area (Å²) in [5.74, 6) is -0.250. The number of benzene rings is 1. The predicted octanol–water partition coefficient (Wildman–Crippen LogP) is 3.00. The maximum absolute atomic E-state index is 13.3. The molecule has 0 saturated carbocycles. The van der Waals surface area contributed by atoms with E-state index in [4.69, 9.17) is 4.74 Å². The Bertz CT molecular complexity index is 1090. The summed E-state index contributed by atoms with van der Waals surface area (Å²) in [7, 11) is 0. The van der Waals surface area contributed by atoms with Crippen LogP contribution in [-0.4, -0.2) is 45.7 Å². The number of morpholine rings is 1. The lowest BCUT2D eigenvalue weighted by Gasteiger charge is -2.35. The molecule has 0 bridgehead atoms. The summed E-state index contributed by atoms with van der Waals surface area (Å²) >= 11 is 0. The third kappa shape index (κ3) is 3.93. The SMILES string of the molecule is Cc1ccc(Cn2c(=O)c(C(=O)N3C[C@H](C)O[C@@H](C)C3)cc3cccnc32)cc1. The van der Waals surface area contributed by atoms with Crippen LogP contribution in [0.2, 0.25) is 0 Å². The number of carbonyl (C=O) groups is 1. The molecule has 1 saturated heterocycles. The number of hydrogen-bond donors (Lipinski definition) is 0. The number of nitrogens with zero attached hydrogens (tertiary/aromatic N) is 3. The molecule has 1 aromatic carbocycles.